The van der Waals surface area contributed by atoms with Gasteiger partial charge in [0.25, 0.3) is 0 Å². The Morgan fingerprint density at radius 2 is 1.46 bits per heavy atom. The molecule has 4 nitrogen and oxygen atoms in total. The van der Waals surface area contributed by atoms with E-state index in [0.29, 0.717) is 17.5 Å². The Bertz CT molecular complexity index is 789. The van der Waals surface area contributed by atoms with Gasteiger partial charge < -0.3 is 0 Å². The van der Waals surface area contributed by atoms with Crippen molar-refractivity contribution in [3.05, 3.63) is 66.2 Å². The molecule has 1 heterocycles. The SMILES string of the molecule is O=S(=O)(c1ccccc1)N1CCN(C2CC2)CC1c1ccccc1. The molecule has 2 aromatic rings. The van der Waals surface area contributed by atoms with E-state index in [1.54, 1.807) is 28.6 Å². The number of rotatable bonds is 4. The topological polar surface area (TPSA) is 40.6 Å². The Kier molecular flexibility index (Phi) is 4.16. The first-order valence-electron chi connectivity index (χ1n) is 8.52. The fourth-order valence-corrected chi connectivity index (χ4v) is 5.14. The molecule has 1 atom stereocenters. The third-order valence-electron chi connectivity index (χ3n) is 4.96. The van der Waals surface area contributed by atoms with Gasteiger partial charge in [0, 0.05) is 25.7 Å². The Balaban J connectivity index is 1.69. The molecule has 2 aromatic carbocycles. The zero-order valence-corrected chi connectivity index (χ0v) is 14.4. The molecule has 1 saturated heterocycles. The van der Waals surface area contributed by atoms with Crippen molar-refractivity contribution < 1.29 is 8.42 Å². The van der Waals surface area contributed by atoms with E-state index >= 15 is 0 Å². The van der Waals surface area contributed by atoms with Gasteiger partial charge in [-0.3, -0.25) is 4.90 Å². The Morgan fingerprint density at radius 3 is 2.08 bits per heavy atom. The highest BCUT2D eigenvalue weighted by molar-refractivity contribution is 7.89. The van der Waals surface area contributed by atoms with Crippen LogP contribution in [0.15, 0.2) is 65.6 Å². The minimum atomic E-state index is -3.48. The van der Waals surface area contributed by atoms with Gasteiger partial charge in [0.1, 0.15) is 0 Å². The normalized spacial score (nSPS) is 23.2. The largest absolute Gasteiger partial charge is 0.297 e. The second-order valence-electron chi connectivity index (χ2n) is 6.58. The van der Waals surface area contributed by atoms with E-state index in [0.717, 1.165) is 18.7 Å². The molecule has 2 aliphatic rings. The zero-order chi connectivity index (χ0) is 16.6. The van der Waals surface area contributed by atoms with E-state index in [4.69, 9.17) is 0 Å². The van der Waals surface area contributed by atoms with E-state index in [-0.39, 0.29) is 6.04 Å². The zero-order valence-electron chi connectivity index (χ0n) is 13.6. The third-order valence-corrected chi connectivity index (χ3v) is 6.88. The van der Waals surface area contributed by atoms with Crippen LogP contribution < -0.4 is 0 Å². The average molecular weight is 342 g/mol. The monoisotopic (exact) mass is 342 g/mol. The summed E-state index contributed by atoms with van der Waals surface area (Å²) in [6, 6.07) is 19.3. The molecule has 1 aliphatic heterocycles. The lowest BCUT2D eigenvalue weighted by atomic mass is 10.0. The van der Waals surface area contributed by atoms with Gasteiger partial charge in [-0.25, -0.2) is 8.42 Å². The summed E-state index contributed by atoms with van der Waals surface area (Å²) in [5.41, 5.74) is 1.07. The Hall–Kier alpha value is -1.69. The maximum Gasteiger partial charge on any atom is 0.243 e. The van der Waals surface area contributed by atoms with Crippen molar-refractivity contribution in [2.24, 2.45) is 0 Å². The van der Waals surface area contributed by atoms with Crippen LogP contribution in [0.5, 0.6) is 0 Å². The molecule has 0 aromatic heterocycles. The van der Waals surface area contributed by atoms with E-state index in [1.807, 2.05) is 36.4 Å². The summed E-state index contributed by atoms with van der Waals surface area (Å²) in [5, 5.41) is 0. The van der Waals surface area contributed by atoms with Crippen molar-refractivity contribution in [2.75, 3.05) is 19.6 Å². The van der Waals surface area contributed by atoms with Crippen molar-refractivity contribution in [2.45, 2.75) is 29.8 Å². The smallest absolute Gasteiger partial charge is 0.243 e. The van der Waals surface area contributed by atoms with Gasteiger partial charge in [-0.1, -0.05) is 48.5 Å². The van der Waals surface area contributed by atoms with Gasteiger partial charge in [-0.2, -0.15) is 4.31 Å². The second kappa shape index (κ2) is 6.31. The molecule has 1 saturated carbocycles. The van der Waals surface area contributed by atoms with Gasteiger partial charge in [-0.15, -0.1) is 0 Å². The molecule has 0 amide bonds. The van der Waals surface area contributed by atoms with Gasteiger partial charge in [-0.05, 0) is 30.5 Å². The summed E-state index contributed by atoms with van der Waals surface area (Å²) in [7, 11) is -3.48. The van der Waals surface area contributed by atoms with Crippen LogP contribution in [0, 0.1) is 0 Å². The first kappa shape index (κ1) is 15.8. The van der Waals surface area contributed by atoms with Gasteiger partial charge >= 0.3 is 0 Å². The van der Waals surface area contributed by atoms with Crippen LogP contribution in [0.2, 0.25) is 0 Å². The van der Waals surface area contributed by atoms with Crippen molar-refractivity contribution in [3.8, 4) is 0 Å². The molecule has 2 fully saturated rings. The summed E-state index contributed by atoms with van der Waals surface area (Å²) >= 11 is 0. The van der Waals surface area contributed by atoms with Crippen molar-refractivity contribution >= 4 is 10.0 Å². The molecule has 0 bridgehead atoms. The minimum absolute atomic E-state index is 0.120. The molecule has 1 unspecified atom stereocenters. The Labute approximate surface area is 143 Å². The lowest BCUT2D eigenvalue weighted by molar-refractivity contribution is 0.129. The summed E-state index contributed by atoms with van der Waals surface area (Å²) in [4.78, 5) is 2.83. The number of piperazine rings is 1. The summed E-state index contributed by atoms with van der Waals surface area (Å²) in [5.74, 6) is 0. The predicted molar refractivity (Wildman–Crippen MR) is 94.1 cm³/mol. The first-order chi connectivity index (χ1) is 11.7. The number of hydrogen-bond donors (Lipinski definition) is 0. The van der Waals surface area contributed by atoms with Crippen LogP contribution >= 0.6 is 0 Å². The molecule has 4 rings (SSSR count). The predicted octanol–water partition coefficient (Wildman–Crippen LogP) is 2.90. The molecular weight excluding hydrogens is 320 g/mol. The van der Waals surface area contributed by atoms with E-state index in [2.05, 4.69) is 4.90 Å². The lowest BCUT2D eigenvalue weighted by Gasteiger charge is -2.41. The fourth-order valence-electron chi connectivity index (χ4n) is 3.52. The highest BCUT2D eigenvalue weighted by Crippen LogP contribution is 2.36. The standard InChI is InChI=1S/C19H22N2O2S/c22-24(23,18-9-5-2-6-10-18)21-14-13-20(17-11-12-17)15-19(21)16-7-3-1-4-8-16/h1-10,17,19H,11-15H2. The molecule has 126 valence electrons. The molecular formula is C19H22N2O2S. The van der Waals surface area contributed by atoms with Crippen molar-refractivity contribution in [1.29, 1.82) is 0 Å². The van der Waals surface area contributed by atoms with Gasteiger partial charge in [0.2, 0.25) is 10.0 Å². The van der Waals surface area contributed by atoms with Gasteiger partial charge in [0.15, 0.2) is 0 Å². The van der Waals surface area contributed by atoms with Crippen LogP contribution in [0.1, 0.15) is 24.4 Å². The molecule has 1 aliphatic carbocycles. The van der Waals surface area contributed by atoms with Gasteiger partial charge in [0.05, 0.1) is 10.9 Å². The van der Waals surface area contributed by atoms with E-state index in [9.17, 15) is 8.42 Å². The average Bonchev–Trinajstić information content (AvgIpc) is 3.48. The highest BCUT2D eigenvalue weighted by Gasteiger charge is 2.40. The molecule has 0 spiro atoms. The highest BCUT2D eigenvalue weighted by atomic mass is 32.2. The van der Waals surface area contributed by atoms with Crippen LogP contribution in [0.3, 0.4) is 0 Å². The summed E-state index contributed by atoms with van der Waals surface area (Å²) in [6.45, 7) is 2.15. The molecule has 0 N–H and O–H groups in total. The number of benzene rings is 2. The first-order valence-corrected chi connectivity index (χ1v) is 9.96. The lowest BCUT2D eigenvalue weighted by Crippen LogP contribution is -2.51. The maximum absolute atomic E-state index is 13.2. The van der Waals surface area contributed by atoms with E-state index < -0.39 is 10.0 Å². The summed E-state index contributed by atoms with van der Waals surface area (Å²) < 4.78 is 28.0. The van der Waals surface area contributed by atoms with E-state index in [1.165, 1.54) is 12.8 Å². The maximum atomic E-state index is 13.2. The fraction of sp³-hybridized carbons (Fsp3) is 0.368. The number of sulfonamides is 1. The van der Waals surface area contributed by atoms with Crippen molar-refractivity contribution in [1.82, 2.24) is 9.21 Å². The third kappa shape index (κ3) is 2.99. The molecule has 0 radical (unpaired) electrons. The molecule has 24 heavy (non-hydrogen) atoms. The van der Waals surface area contributed by atoms with Crippen molar-refractivity contribution in [3.63, 3.8) is 0 Å². The quantitative estimate of drug-likeness (QED) is 0.858. The van der Waals surface area contributed by atoms with Crippen LogP contribution in [-0.4, -0.2) is 43.3 Å². The second-order valence-corrected chi connectivity index (χ2v) is 8.47. The number of nitrogens with zero attached hydrogens (tertiary/aromatic N) is 2. The van der Waals surface area contributed by atoms with Crippen LogP contribution in [-0.2, 0) is 10.0 Å². The van der Waals surface area contributed by atoms with Crippen LogP contribution in [0.4, 0.5) is 0 Å². The minimum Gasteiger partial charge on any atom is -0.297 e. The van der Waals surface area contributed by atoms with Crippen LogP contribution in [0.25, 0.3) is 0 Å². The Morgan fingerprint density at radius 1 is 0.833 bits per heavy atom. The number of hydrogen-bond acceptors (Lipinski definition) is 3. The molecule has 5 heteroatoms. The summed E-state index contributed by atoms with van der Waals surface area (Å²) in [6.07, 6.45) is 2.49.